The number of aliphatic imine (C=N–C) groups is 1. The average Bonchev–Trinajstić information content (AvgIpc) is 2.62. The molecule has 0 atom stereocenters. The van der Waals surface area contributed by atoms with Crippen molar-refractivity contribution in [2.24, 2.45) is 4.99 Å². The van der Waals surface area contributed by atoms with Gasteiger partial charge in [0.15, 0.2) is 5.96 Å². The molecule has 2 aromatic carbocycles. The summed E-state index contributed by atoms with van der Waals surface area (Å²) < 4.78 is 5.16. The Balaban J connectivity index is 0.00000338. The van der Waals surface area contributed by atoms with Crippen molar-refractivity contribution in [1.29, 1.82) is 0 Å². The number of phenols is 1. The molecule has 26 heavy (non-hydrogen) atoms. The highest BCUT2D eigenvalue weighted by molar-refractivity contribution is 14.0. The summed E-state index contributed by atoms with van der Waals surface area (Å²) in [5.74, 6) is 1.76. The molecular formula is C19H25ClIN3O2. The van der Waals surface area contributed by atoms with E-state index in [1.165, 1.54) is 0 Å². The van der Waals surface area contributed by atoms with Crippen LogP contribution in [0.5, 0.6) is 11.5 Å². The number of halogens is 2. The molecule has 0 spiro atoms. The van der Waals surface area contributed by atoms with Gasteiger partial charge in [-0.3, -0.25) is 0 Å². The van der Waals surface area contributed by atoms with Crippen LogP contribution in [-0.2, 0) is 13.0 Å². The first-order valence-electron chi connectivity index (χ1n) is 8.25. The van der Waals surface area contributed by atoms with Crippen LogP contribution in [0.25, 0.3) is 0 Å². The molecule has 7 heteroatoms. The van der Waals surface area contributed by atoms with Gasteiger partial charge in [0.2, 0.25) is 0 Å². The minimum Gasteiger partial charge on any atom is -0.508 e. The van der Waals surface area contributed by atoms with Gasteiger partial charge in [-0.25, -0.2) is 4.99 Å². The number of ether oxygens (including phenoxy) is 1. The first-order chi connectivity index (χ1) is 12.1. The molecule has 0 aliphatic carbocycles. The number of guanidine groups is 1. The predicted octanol–water partition coefficient (Wildman–Crippen LogP) is 3.97. The van der Waals surface area contributed by atoms with Gasteiger partial charge < -0.3 is 20.5 Å². The van der Waals surface area contributed by atoms with Crippen LogP contribution in [0.2, 0.25) is 5.02 Å². The fourth-order valence-electron chi connectivity index (χ4n) is 2.29. The van der Waals surface area contributed by atoms with Gasteiger partial charge in [-0.05, 0) is 48.7 Å². The Morgan fingerprint density at radius 2 is 1.88 bits per heavy atom. The summed E-state index contributed by atoms with van der Waals surface area (Å²) in [5.41, 5.74) is 2.09. The maximum absolute atomic E-state index is 9.32. The van der Waals surface area contributed by atoms with Crippen molar-refractivity contribution in [2.75, 3.05) is 20.2 Å². The summed E-state index contributed by atoms with van der Waals surface area (Å²) in [6, 6.07) is 12.8. The van der Waals surface area contributed by atoms with Crippen LogP contribution in [-0.4, -0.2) is 31.3 Å². The Kier molecular flexibility index (Phi) is 10.2. The van der Waals surface area contributed by atoms with Gasteiger partial charge in [-0.1, -0.05) is 29.8 Å². The average molecular weight is 490 g/mol. The van der Waals surface area contributed by atoms with Crippen molar-refractivity contribution in [3.05, 3.63) is 58.6 Å². The van der Waals surface area contributed by atoms with Crippen molar-refractivity contribution < 1.29 is 9.84 Å². The van der Waals surface area contributed by atoms with Crippen LogP contribution < -0.4 is 15.4 Å². The fourth-order valence-corrected chi connectivity index (χ4v) is 2.55. The molecule has 0 unspecified atom stereocenters. The zero-order valence-electron chi connectivity index (χ0n) is 15.0. The minimum atomic E-state index is 0. The van der Waals surface area contributed by atoms with E-state index >= 15 is 0 Å². The third kappa shape index (κ3) is 7.29. The fraction of sp³-hybridized carbons (Fsp3) is 0.316. The van der Waals surface area contributed by atoms with Crippen LogP contribution in [0, 0.1) is 0 Å². The summed E-state index contributed by atoms with van der Waals surface area (Å²) in [7, 11) is 1.63. The number of nitrogens with zero attached hydrogens (tertiary/aromatic N) is 1. The smallest absolute Gasteiger partial charge is 0.191 e. The maximum Gasteiger partial charge on any atom is 0.191 e. The summed E-state index contributed by atoms with van der Waals surface area (Å²) in [5, 5.41) is 16.5. The lowest BCUT2D eigenvalue weighted by atomic mass is 10.1. The highest BCUT2D eigenvalue weighted by Gasteiger charge is 2.03. The summed E-state index contributed by atoms with van der Waals surface area (Å²) in [6.45, 7) is 4.06. The van der Waals surface area contributed by atoms with E-state index in [0.29, 0.717) is 18.1 Å². The Bertz CT molecular complexity index is 708. The molecule has 2 rings (SSSR count). The normalized spacial score (nSPS) is 10.8. The first kappa shape index (κ1) is 22.4. The standard InChI is InChI=1S/C19H24ClN3O2.HI/c1-3-21-19(23-13-14-4-7-16(24)8-5-14)22-11-10-15-6-9-17(25-2)12-18(15)20;/h4-9,12,24H,3,10-11,13H2,1-2H3,(H2,21,22,23);1H. The van der Waals surface area contributed by atoms with Crippen molar-refractivity contribution in [3.63, 3.8) is 0 Å². The monoisotopic (exact) mass is 489 g/mol. The number of rotatable bonds is 7. The van der Waals surface area contributed by atoms with Crippen molar-refractivity contribution in [3.8, 4) is 11.5 Å². The Morgan fingerprint density at radius 1 is 1.15 bits per heavy atom. The van der Waals surface area contributed by atoms with Gasteiger partial charge in [0, 0.05) is 18.1 Å². The molecule has 0 radical (unpaired) electrons. The molecule has 5 nitrogen and oxygen atoms in total. The molecule has 0 aliphatic rings. The van der Waals surface area contributed by atoms with E-state index in [1.807, 2.05) is 37.3 Å². The molecule has 0 bridgehead atoms. The van der Waals surface area contributed by atoms with Crippen LogP contribution in [0.3, 0.4) is 0 Å². The molecule has 0 saturated heterocycles. The summed E-state index contributed by atoms with van der Waals surface area (Å²) in [4.78, 5) is 4.55. The number of hydrogen-bond donors (Lipinski definition) is 3. The maximum atomic E-state index is 9.32. The number of phenolic OH excluding ortho intramolecular Hbond substituents is 1. The van der Waals surface area contributed by atoms with E-state index in [1.54, 1.807) is 19.2 Å². The second kappa shape index (κ2) is 11.9. The SMILES string of the molecule is CCNC(=NCc1ccc(O)cc1)NCCc1ccc(OC)cc1Cl.I. The second-order valence-electron chi connectivity index (χ2n) is 5.50. The van der Waals surface area contributed by atoms with Crippen molar-refractivity contribution in [1.82, 2.24) is 10.6 Å². The predicted molar refractivity (Wildman–Crippen MR) is 118 cm³/mol. The molecule has 0 aliphatic heterocycles. The van der Waals surface area contributed by atoms with Crippen LogP contribution in [0.1, 0.15) is 18.1 Å². The van der Waals surface area contributed by atoms with Crippen LogP contribution in [0.15, 0.2) is 47.5 Å². The molecule has 2 aromatic rings. The second-order valence-corrected chi connectivity index (χ2v) is 5.90. The number of hydrogen-bond acceptors (Lipinski definition) is 3. The number of nitrogens with one attached hydrogen (secondary N) is 2. The molecule has 0 aromatic heterocycles. The molecule has 142 valence electrons. The minimum absolute atomic E-state index is 0. The number of aromatic hydroxyl groups is 1. The lowest BCUT2D eigenvalue weighted by Crippen LogP contribution is -2.38. The lowest BCUT2D eigenvalue weighted by molar-refractivity contribution is 0.414. The summed E-state index contributed by atoms with van der Waals surface area (Å²) >= 11 is 6.26. The third-order valence-electron chi connectivity index (χ3n) is 3.65. The van der Waals surface area contributed by atoms with Crippen molar-refractivity contribution >= 4 is 41.5 Å². The Labute approximate surface area is 176 Å². The molecule has 3 N–H and O–H groups in total. The highest BCUT2D eigenvalue weighted by Crippen LogP contribution is 2.22. The highest BCUT2D eigenvalue weighted by atomic mass is 127. The van der Waals surface area contributed by atoms with Gasteiger partial charge in [-0.15, -0.1) is 24.0 Å². The molecular weight excluding hydrogens is 465 g/mol. The quantitative estimate of drug-likeness (QED) is 0.313. The van der Waals surface area contributed by atoms with E-state index in [2.05, 4.69) is 15.6 Å². The third-order valence-corrected chi connectivity index (χ3v) is 4.00. The van der Waals surface area contributed by atoms with E-state index in [4.69, 9.17) is 16.3 Å². The van der Waals surface area contributed by atoms with Gasteiger partial charge in [0.05, 0.1) is 13.7 Å². The van der Waals surface area contributed by atoms with Gasteiger partial charge >= 0.3 is 0 Å². The molecule has 0 amide bonds. The van der Waals surface area contributed by atoms with E-state index in [0.717, 1.165) is 35.8 Å². The van der Waals surface area contributed by atoms with E-state index < -0.39 is 0 Å². The molecule has 0 fully saturated rings. The van der Waals surface area contributed by atoms with Gasteiger partial charge in [-0.2, -0.15) is 0 Å². The molecule has 0 heterocycles. The largest absolute Gasteiger partial charge is 0.508 e. The Hall–Kier alpha value is -1.67. The number of benzene rings is 2. The zero-order valence-corrected chi connectivity index (χ0v) is 18.0. The van der Waals surface area contributed by atoms with Gasteiger partial charge in [0.1, 0.15) is 11.5 Å². The van der Waals surface area contributed by atoms with E-state index in [9.17, 15) is 5.11 Å². The Morgan fingerprint density at radius 3 is 2.50 bits per heavy atom. The van der Waals surface area contributed by atoms with Crippen molar-refractivity contribution in [2.45, 2.75) is 19.9 Å². The summed E-state index contributed by atoms with van der Waals surface area (Å²) in [6.07, 6.45) is 0.784. The zero-order chi connectivity index (χ0) is 18.1. The number of methoxy groups -OCH3 is 1. The van der Waals surface area contributed by atoms with Gasteiger partial charge in [0.25, 0.3) is 0 Å². The molecule has 0 saturated carbocycles. The first-order valence-corrected chi connectivity index (χ1v) is 8.62. The van der Waals surface area contributed by atoms with Crippen LogP contribution in [0.4, 0.5) is 0 Å². The lowest BCUT2D eigenvalue weighted by Gasteiger charge is -2.12. The topological polar surface area (TPSA) is 65.9 Å². The van der Waals surface area contributed by atoms with E-state index in [-0.39, 0.29) is 29.7 Å². The van der Waals surface area contributed by atoms with Crippen LogP contribution >= 0.6 is 35.6 Å².